The lowest BCUT2D eigenvalue weighted by molar-refractivity contribution is 0.330. The van der Waals surface area contributed by atoms with E-state index in [1.807, 2.05) is 4.90 Å². The van der Waals surface area contributed by atoms with Crippen LogP contribution >= 0.6 is 0 Å². The van der Waals surface area contributed by atoms with Crippen molar-refractivity contribution in [2.24, 2.45) is 11.7 Å². The molecule has 0 aromatic rings. The molecule has 1 saturated heterocycles. The van der Waals surface area contributed by atoms with Crippen LogP contribution in [0.25, 0.3) is 0 Å². The molecule has 0 amide bonds. The number of nitrogens with one attached hydrogen (secondary N) is 1. The lowest BCUT2D eigenvalue weighted by Gasteiger charge is -2.35. The summed E-state index contributed by atoms with van der Waals surface area (Å²) in [5.41, 5.74) is 6.89. The van der Waals surface area contributed by atoms with Crippen molar-refractivity contribution in [1.29, 1.82) is 5.41 Å². The van der Waals surface area contributed by atoms with Crippen LogP contribution in [-0.2, 0) is 0 Å². The van der Waals surface area contributed by atoms with E-state index in [4.69, 9.17) is 11.1 Å². The Morgan fingerprint density at radius 2 is 2.46 bits per heavy atom. The van der Waals surface area contributed by atoms with E-state index in [1.54, 1.807) is 0 Å². The quantitative estimate of drug-likeness (QED) is 0.430. The van der Waals surface area contributed by atoms with E-state index in [-0.39, 0.29) is 5.96 Å². The number of hydrogen-bond acceptors (Lipinski definition) is 1. The van der Waals surface area contributed by atoms with Crippen LogP contribution in [0, 0.1) is 11.3 Å². The van der Waals surface area contributed by atoms with Crippen molar-refractivity contribution in [2.45, 2.75) is 12.8 Å². The van der Waals surface area contributed by atoms with Crippen LogP contribution in [-0.4, -0.2) is 23.9 Å². The van der Waals surface area contributed by atoms with Crippen LogP contribution in [0.4, 0.5) is 0 Å². The fourth-order valence-electron chi connectivity index (χ4n) is 2.02. The molecule has 1 fully saturated rings. The van der Waals surface area contributed by atoms with Gasteiger partial charge in [0, 0.05) is 13.1 Å². The molecule has 1 unspecified atom stereocenters. The van der Waals surface area contributed by atoms with Crippen molar-refractivity contribution >= 4 is 5.96 Å². The zero-order chi connectivity index (χ0) is 9.26. The third-order valence-electron chi connectivity index (χ3n) is 2.85. The lowest BCUT2D eigenvalue weighted by Crippen LogP contribution is -2.43. The topological polar surface area (TPSA) is 53.1 Å². The fraction of sp³-hybridized carbons (Fsp3) is 0.500. The second kappa shape index (κ2) is 3.24. The molecule has 0 radical (unpaired) electrons. The Hall–Kier alpha value is -1.25. The van der Waals surface area contributed by atoms with E-state index >= 15 is 0 Å². The van der Waals surface area contributed by atoms with Gasteiger partial charge in [0.2, 0.25) is 0 Å². The average Bonchev–Trinajstić information content (AvgIpc) is 2.17. The molecule has 2 rings (SSSR count). The molecule has 1 atom stereocenters. The van der Waals surface area contributed by atoms with E-state index in [0.717, 1.165) is 25.9 Å². The second-order valence-corrected chi connectivity index (χ2v) is 3.70. The SMILES string of the molecule is N=C(N)N1CCC2CC=CC=C2C1. The molecule has 0 spiro atoms. The van der Waals surface area contributed by atoms with Crippen LogP contribution in [0.3, 0.4) is 0 Å². The molecule has 3 heteroatoms. The van der Waals surface area contributed by atoms with Crippen molar-refractivity contribution < 1.29 is 0 Å². The van der Waals surface area contributed by atoms with E-state index in [2.05, 4.69) is 18.2 Å². The molecule has 13 heavy (non-hydrogen) atoms. The highest BCUT2D eigenvalue weighted by atomic mass is 15.2. The molecule has 1 heterocycles. The summed E-state index contributed by atoms with van der Waals surface area (Å²) >= 11 is 0. The second-order valence-electron chi connectivity index (χ2n) is 3.70. The number of likely N-dealkylation sites (tertiary alicyclic amines) is 1. The van der Waals surface area contributed by atoms with Gasteiger partial charge in [-0.05, 0) is 24.3 Å². The summed E-state index contributed by atoms with van der Waals surface area (Å²) in [7, 11) is 0. The first-order chi connectivity index (χ1) is 6.27. The molecule has 1 aliphatic carbocycles. The van der Waals surface area contributed by atoms with E-state index in [0.29, 0.717) is 5.92 Å². The first-order valence-electron chi connectivity index (χ1n) is 4.72. The van der Waals surface area contributed by atoms with Gasteiger partial charge in [-0.3, -0.25) is 5.41 Å². The Bertz CT molecular complexity index is 278. The number of fused-ring (bicyclic) bond motifs is 1. The minimum absolute atomic E-state index is 0.203. The predicted octanol–water partition coefficient (Wildman–Crippen LogP) is 1.09. The number of rotatable bonds is 0. The predicted molar refractivity (Wildman–Crippen MR) is 53.4 cm³/mol. The maximum absolute atomic E-state index is 7.35. The number of hydrogen-bond donors (Lipinski definition) is 2. The maximum Gasteiger partial charge on any atom is 0.188 e. The van der Waals surface area contributed by atoms with Crippen molar-refractivity contribution in [3.05, 3.63) is 23.8 Å². The van der Waals surface area contributed by atoms with Crippen LogP contribution in [0.5, 0.6) is 0 Å². The van der Waals surface area contributed by atoms with Crippen molar-refractivity contribution in [1.82, 2.24) is 4.90 Å². The summed E-state index contributed by atoms with van der Waals surface area (Å²) in [6.45, 7) is 1.79. The van der Waals surface area contributed by atoms with Crippen molar-refractivity contribution in [3.63, 3.8) is 0 Å². The summed E-state index contributed by atoms with van der Waals surface area (Å²) in [6.07, 6.45) is 8.80. The van der Waals surface area contributed by atoms with Gasteiger partial charge in [-0.25, -0.2) is 0 Å². The number of piperidine rings is 1. The summed E-state index contributed by atoms with van der Waals surface area (Å²) in [6, 6.07) is 0. The highest BCUT2D eigenvalue weighted by molar-refractivity contribution is 5.75. The molecule has 1 aliphatic heterocycles. The maximum atomic E-state index is 7.35. The van der Waals surface area contributed by atoms with Gasteiger partial charge in [0.25, 0.3) is 0 Å². The Kier molecular flexibility index (Phi) is 2.08. The minimum Gasteiger partial charge on any atom is -0.370 e. The molecule has 3 nitrogen and oxygen atoms in total. The van der Waals surface area contributed by atoms with Gasteiger partial charge in [0.1, 0.15) is 0 Å². The molecule has 0 aromatic carbocycles. The van der Waals surface area contributed by atoms with Gasteiger partial charge in [0.15, 0.2) is 5.96 Å². The highest BCUT2D eigenvalue weighted by Gasteiger charge is 2.24. The summed E-state index contributed by atoms with van der Waals surface area (Å²) < 4.78 is 0. The summed E-state index contributed by atoms with van der Waals surface area (Å²) in [5.74, 6) is 0.912. The Morgan fingerprint density at radius 3 is 3.23 bits per heavy atom. The van der Waals surface area contributed by atoms with Gasteiger partial charge in [-0.15, -0.1) is 0 Å². The monoisotopic (exact) mass is 177 g/mol. The zero-order valence-corrected chi connectivity index (χ0v) is 7.66. The van der Waals surface area contributed by atoms with Crippen LogP contribution < -0.4 is 5.73 Å². The smallest absolute Gasteiger partial charge is 0.188 e. The summed E-state index contributed by atoms with van der Waals surface area (Å²) in [4.78, 5) is 1.93. The molecule has 0 saturated carbocycles. The number of nitrogens with zero attached hydrogens (tertiary/aromatic N) is 1. The standard InChI is InChI=1S/C10H15N3/c11-10(12)13-6-5-8-3-1-2-4-9(8)7-13/h1-2,4,8H,3,5-7H2,(H3,11,12). The molecule has 3 N–H and O–H groups in total. The minimum atomic E-state index is 0.203. The molecule has 0 aromatic heterocycles. The highest BCUT2D eigenvalue weighted by Crippen LogP contribution is 2.28. The van der Waals surface area contributed by atoms with E-state index in [9.17, 15) is 0 Å². The molecule has 2 aliphatic rings. The van der Waals surface area contributed by atoms with Crippen molar-refractivity contribution in [2.75, 3.05) is 13.1 Å². The third-order valence-corrected chi connectivity index (χ3v) is 2.85. The Labute approximate surface area is 78.4 Å². The first kappa shape index (κ1) is 8.35. The Morgan fingerprint density at radius 1 is 1.62 bits per heavy atom. The third kappa shape index (κ3) is 1.59. The molecular formula is C10H15N3. The first-order valence-corrected chi connectivity index (χ1v) is 4.72. The van der Waals surface area contributed by atoms with Crippen LogP contribution in [0.2, 0.25) is 0 Å². The average molecular weight is 177 g/mol. The van der Waals surface area contributed by atoms with Gasteiger partial charge in [0.05, 0.1) is 0 Å². The van der Waals surface area contributed by atoms with Crippen molar-refractivity contribution in [3.8, 4) is 0 Å². The lowest BCUT2D eigenvalue weighted by atomic mass is 9.85. The van der Waals surface area contributed by atoms with Crippen LogP contribution in [0.15, 0.2) is 23.8 Å². The molecule has 70 valence electrons. The number of allylic oxidation sites excluding steroid dienone is 3. The zero-order valence-electron chi connectivity index (χ0n) is 7.66. The van der Waals surface area contributed by atoms with Gasteiger partial charge in [-0.2, -0.15) is 0 Å². The van der Waals surface area contributed by atoms with E-state index < -0.39 is 0 Å². The fourth-order valence-corrected chi connectivity index (χ4v) is 2.02. The van der Waals surface area contributed by atoms with Gasteiger partial charge in [-0.1, -0.05) is 18.2 Å². The molecular weight excluding hydrogens is 162 g/mol. The normalized spacial score (nSPS) is 26.6. The molecule has 0 bridgehead atoms. The largest absolute Gasteiger partial charge is 0.370 e. The number of nitrogens with two attached hydrogens (primary N) is 1. The van der Waals surface area contributed by atoms with Crippen LogP contribution in [0.1, 0.15) is 12.8 Å². The van der Waals surface area contributed by atoms with E-state index in [1.165, 1.54) is 5.57 Å². The number of guanidine groups is 1. The summed E-state index contributed by atoms with van der Waals surface area (Å²) in [5, 5.41) is 7.35. The van der Waals surface area contributed by atoms with Gasteiger partial charge < -0.3 is 10.6 Å². The Balaban J connectivity index is 2.09. The van der Waals surface area contributed by atoms with Gasteiger partial charge >= 0.3 is 0 Å².